The van der Waals surface area contributed by atoms with Crippen LogP contribution in [-0.4, -0.2) is 18.4 Å². The Balaban J connectivity index is 4.18. The number of carbonyl (C=O) groups excluding carboxylic acids is 2. The van der Waals surface area contributed by atoms with Crippen LogP contribution >= 0.6 is 0 Å². The maximum absolute atomic E-state index is 10.5. The molecule has 64 valence electrons. The van der Waals surface area contributed by atoms with Gasteiger partial charge in [-0.3, -0.25) is 9.59 Å². The number of esters is 1. The highest BCUT2D eigenvalue weighted by atomic mass is 16.5. The average molecular weight is 158 g/mol. The molecule has 0 spiro atoms. The third-order valence-electron chi connectivity index (χ3n) is 1.27. The molecule has 0 aromatic heterocycles. The zero-order valence-corrected chi connectivity index (χ0v) is 7.38. The summed E-state index contributed by atoms with van der Waals surface area (Å²) >= 11 is 0. The van der Waals surface area contributed by atoms with Crippen molar-refractivity contribution in [3.8, 4) is 0 Å². The molecule has 0 heterocycles. The summed E-state index contributed by atoms with van der Waals surface area (Å²) in [5.41, 5.74) is -0.312. The Morgan fingerprint density at radius 3 is 2.00 bits per heavy atom. The summed E-state index contributed by atoms with van der Waals surface area (Å²) < 4.78 is 4.76. The molecule has 11 heavy (non-hydrogen) atoms. The van der Waals surface area contributed by atoms with Gasteiger partial charge in [-0.15, -0.1) is 0 Å². The second-order valence-electron chi connectivity index (χ2n) is 3.53. The highest BCUT2D eigenvalue weighted by Crippen LogP contribution is 2.20. The highest BCUT2D eigenvalue weighted by Gasteiger charge is 2.26. The molecule has 0 aliphatic rings. The lowest BCUT2D eigenvalue weighted by atomic mass is 9.90. The Labute approximate surface area is 66.7 Å². The Morgan fingerprint density at radius 2 is 1.91 bits per heavy atom. The molecule has 1 atom stereocenters. The van der Waals surface area contributed by atoms with E-state index < -0.39 is 12.1 Å². The number of aldehydes is 1. The lowest BCUT2D eigenvalue weighted by molar-refractivity contribution is -0.155. The molecule has 0 aromatic rings. The molecule has 0 radical (unpaired) electrons. The maximum atomic E-state index is 10.5. The van der Waals surface area contributed by atoms with Crippen molar-refractivity contribution in [2.24, 2.45) is 5.41 Å². The van der Waals surface area contributed by atoms with Crippen LogP contribution in [0.4, 0.5) is 0 Å². The van der Waals surface area contributed by atoms with E-state index in [4.69, 9.17) is 4.74 Å². The summed E-state index contributed by atoms with van der Waals surface area (Å²) in [5.74, 6) is -0.419. The molecule has 0 saturated heterocycles. The van der Waals surface area contributed by atoms with Gasteiger partial charge in [0, 0.05) is 12.3 Å². The van der Waals surface area contributed by atoms with Gasteiger partial charge >= 0.3 is 5.97 Å². The first-order chi connectivity index (χ1) is 4.88. The summed E-state index contributed by atoms with van der Waals surface area (Å²) in [7, 11) is 0. The van der Waals surface area contributed by atoms with Crippen molar-refractivity contribution >= 4 is 12.3 Å². The van der Waals surface area contributed by atoms with Crippen molar-refractivity contribution in [1.29, 1.82) is 0 Å². The first kappa shape index (κ1) is 10.1. The van der Waals surface area contributed by atoms with E-state index in [1.165, 1.54) is 6.92 Å². The normalized spacial score (nSPS) is 13.8. The van der Waals surface area contributed by atoms with E-state index in [1.807, 2.05) is 20.8 Å². The van der Waals surface area contributed by atoms with Gasteiger partial charge in [0.15, 0.2) is 12.4 Å². The van der Waals surface area contributed by atoms with Gasteiger partial charge in [-0.2, -0.15) is 0 Å². The smallest absolute Gasteiger partial charge is 0.303 e. The lowest BCUT2D eigenvalue weighted by Crippen LogP contribution is -2.32. The number of hydrogen-bond donors (Lipinski definition) is 0. The molecule has 0 aliphatic heterocycles. The SMILES string of the molecule is CC(=O)OC(C=O)C(C)(C)C. The topological polar surface area (TPSA) is 43.4 Å². The molecular formula is C8H14O3. The Kier molecular flexibility index (Phi) is 3.23. The predicted octanol–water partition coefficient (Wildman–Crippen LogP) is 1.16. The van der Waals surface area contributed by atoms with Crippen LogP contribution in [0.1, 0.15) is 27.7 Å². The van der Waals surface area contributed by atoms with Gasteiger partial charge in [-0.25, -0.2) is 0 Å². The van der Waals surface area contributed by atoms with Gasteiger partial charge in [-0.05, 0) is 0 Å². The summed E-state index contributed by atoms with van der Waals surface area (Å²) in [6.07, 6.45) is 0.0153. The maximum Gasteiger partial charge on any atom is 0.303 e. The van der Waals surface area contributed by atoms with Crippen molar-refractivity contribution in [3.63, 3.8) is 0 Å². The van der Waals surface area contributed by atoms with E-state index in [0.29, 0.717) is 6.29 Å². The van der Waals surface area contributed by atoms with Crippen LogP contribution in [0.2, 0.25) is 0 Å². The molecule has 0 aliphatic carbocycles. The van der Waals surface area contributed by atoms with E-state index in [1.54, 1.807) is 0 Å². The average Bonchev–Trinajstić information content (AvgIpc) is 1.79. The quantitative estimate of drug-likeness (QED) is 0.447. The van der Waals surface area contributed by atoms with E-state index in [-0.39, 0.29) is 5.41 Å². The van der Waals surface area contributed by atoms with E-state index in [9.17, 15) is 9.59 Å². The van der Waals surface area contributed by atoms with Gasteiger partial charge in [0.25, 0.3) is 0 Å². The van der Waals surface area contributed by atoms with Gasteiger partial charge in [0.1, 0.15) is 0 Å². The van der Waals surface area contributed by atoms with Crippen LogP contribution in [0, 0.1) is 5.41 Å². The highest BCUT2D eigenvalue weighted by molar-refractivity contribution is 5.70. The minimum atomic E-state index is -0.639. The third kappa shape index (κ3) is 3.75. The Morgan fingerprint density at radius 1 is 1.45 bits per heavy atom. The van der Waals surface area contributed by atoms with E-state index >= 15 is 0 Å². The van der Waals surface area contributed by atoms with Crippen molar-refractivity contribution < 1.29 is 14.3 Å². The fourth-order valence-corrected chi connectivity index (χ4v) is 0.587. The molecule has 3 nitrogen and oxygen atoms in total. The lowest BCUT2D eigenvalue weighted by Gasteiger charge is -2.24. The minimum absolute atomic E-state index is 0.312. The Hall–Kier alpha value is -0.860. The van der Waals surface area contributed by atoms with Crippen LogP contribution in [-0.2, 0) is 14.3 Å². The first-order valence-electron chi connectivity index (χ1n) is 3.50. The first-order valence-corrected chi connectivity index (χ1v) is 3.50. The van der Waals surface area contributed by atoms with Crippen molar-refractivity contribution in [2.75, 3.05) is 0 Å². The monoisotopic (exact) mass is 158 g/mol. The van der Waals surface area contributed by atoms with Crippen molar-refractivity contribution in [2.45, 2.75) is 33.8 Å². The molecule has 0 rings (SSSR count). The second-order valence-corrected chi connectivity index (χ2v) is 3.53. The summed E-state index contributed by atoms with van der Waals surface area (Å²) in [4.78, 5) is 20.9. The summed E-state index contributed by atoms with van der Waals surface area (Å²) in [6.45, 7) is 6.82. The standard InChI is InChI=1S/C8H14O3/c1-6(10)11-7(5-9)8(2,3)4/h5,7H,1-4H3. The Bertz CT molecular complexity index is 155. The predicted molar refractivity (Wildman–Crippen MR) is 41.1 cm³/mol. The van der Waals surface area contributed by atoms with E-state index in [2.05, 4.69) is 0 Å². The van der Waals surface area contributed by atoms with Crippen LogP contribution < -0.4 is 0 Å². The zero-order chi connectivity index (χ0) is 9.07. The van der Waals surface area contributed by atoms with Gasteiger partial charge in [0.05, 0.1) is 0 Å². The van der Waals surface area contributed by atoms with Gasteiger partial charge < -0.3 is 4.74 Å². The number of hydrogen-bond acceptors (Lipinski definition) is 3. The van der Waals surface area contributed by atoms with E-state index in [0.717, 1.165) is 0 Å². The zero-order valence-electron chi connectivity index (χ0n) is 7.38. The molecule has 0 aromatic carbocycles. The minimum Gasteiger partial charge on any atom is -0.454 e. The molecule has 3 heteroatoms. The number of rotatable bonds is 2. The van der Waals surface area contributed by atoms with Gasteiger partial charge in [0.2, 0.25) is 0 Å². The fraction of sp³-hybridized carbons (Fsp3) is 0.750. The van der Waals surface area contributed by atoms with Gasteiger partial charge in [-0.1, -0.05) is 20.8 Å². The molecule has 0 bridgehead atoms. The molecule has 0 fully saturated rings. The largest absolute Gasteiger partial charge is 0.454 e. The second kappa shape index (κ2) is 3.51. The van der Waals surface area contributed by atoms with Crippen LogP contribution in [0.15, 0.2) is 0 Å². The molecular weight excluding hydrogens is 144 g/mol. The third-order valence-corrected chi connectivity index (χ3v) is 1.27. The molecule has 0 N–H and O–H groups in total. The number of ether oxygens (including phenoxy) is 1. The van der Waals surface area contributed by atoms with Crippen LogP contribution in [0.3, 0.4) is 0 Å². The summed E-state index contributed by atoms with van der Waals surface area (Å²) in [5, 5.41) is 0. The van der Waals surface area contributed by atoms with Crippen LogP contribution in [0.25, 0.3) is 0 Å². The fourth-order valence-electron chi connectivity index (χ4n) is 0.587. The van der Waals surface area contributed by atoms with Crippen molar-refractivity contribution in [3.05, 3.63) is 0 Å². The molecule has 0 saturated carbocycles. The molecule has 1 unspecified atom stereocenters. The molecule has 0 amide bonds. The van der Waals surface area contributed by atoms with Crippen LogP contribution in [0.5, 0.6) is 0 Å². The van der Waals surface area contributed by atoms with Crippen molar-refractivity contribution in [1.82, 2.24) is 0 Å². The number of carbonyl (C=O) groups is 2. The summed E-state index contributed by atoms with van der Waals surface area (Å²) in [6, 6.07) is 0.